The molecule has 13 nitrogen and oxygen atoms in total. The number of alkyl carbamates (subject to hydrolysis) is 1. The van der Waals surface area contributed by atoms with Crippen LogP contribution < -0.4 is 11.1 Å². The Labute approximate surface area is 313 Å². The number of nitrogens with zero attached hydrogens (tertiary/aromatic N) is 5. The number of rotatable bonds is 9. The highest BCUT2D eigenvalue weighted by Crippen LogP contribution is 2.38. The minimum Gasteiger partial charge on any atom is -0.453 e. The smallest absolute Gasteiger partial charge is 0.407 e. The summed E-state index contributed by atoms with van der Waals surface area (Å²) in [5.41, 5.74) is 11.6. The van der Waals surface area contributed by atoms with Crippen molar-refractivity contribution in [2.45, 2.75) is 88.4 Å². The molecule has 3 aromatic heterocycles. The third-order valence-electron chi connectivity index (χ3n) is 12.4. The van der Waals surface area contributed by atoms with Gasteiger partial charge in [-0.2, -0.15) is 0 Å². The van der Waals surface area contributed by atoms with E-state index in [0.29, 0.717) is 24.7 Å². The van der Waals surface area contributed by atoms with Crippen molar-refractivity contribution in [3.8, 4) is 22.5 Å². The lowest BCUT2D eigenvalue weighted by molar-refractivity contribution is -0.137. The number of H-pyrrole nitrogens is 2. The van der Waals surface area contributed by atoms with Crippen LogP contribution in [0.4, 0.5) is 4.79 Å². The molecule has 9 rings (SSSR count). The van der Waals surface area contributed by atoms with E-state index < -0.39 is 18.2 Å². The predicted molar refractivity (Wildman–Crippen MR) is 204 cm³/mol. The topological polar surface area (TPSA) is 175 Å². The van der Waals surface area contributed by atoms with Crippen LogP contribution in [0.2, 0.25) is 0 Å². The molecule has 2 aromatic carbocycles. The average Bonchev–Trinajstić information content (AvgIpc) is 3.97. The highest BCUT2D eigenvalue weighted by molar-refractivity contribution is 5.91. The fourth-order valence-corrected chi connectivity index (χ4v) is 8.80. The number of carbonyl (C=O) groups is 3. The molecule has 3 amide bonds. The molecule has 0 bridgehead atoms. The molecule has 4 fully saturated rings. The van der Waals surface area contributed by atoms with Crippen LogP contribution in [0.5, 0.6) is 0 Å². The molecule has 4 aliphatic rings. The van der Waals surface area contributed by atoms with Crippen LogP contribution >= 0.6 is 0 Å². The number of aromatic nitrogens is 5. The molecule has 5 aromatic rings. The molecule has 54 heavy (non-hydrogen) atoms. The Bertz CT molecular complexity index is 2220. The maximum atomic E-state index is 13.8. The van der Waals surface area contributed by atoms with Gasteiger partial charge in [-0.05, 0) is 98.2 Å². The standard InChI is InChI=1S/C41H47N9O4/c1-54-41(53)47-35(24-8-3-9-24)40(52)50-19-4-10-32(50)37-43-22-31(46-37)28-15-13-25-20-27(14-12-26(25)21-28)29-16-17-30-36(44-29)48-38(45-30)33-11-5-18-49(33)39(51)34(42)23-6-2-7-23/h12-17,20-24,32-35H,2-11,18-19,42H2,1H3,(H,43,46)(H,47,53)(H,44,45,48)/t32-,33-,34-,35-/m0/s1. The number of fused-ring (bicyclic) bond motifs is 2. The Morgan fingerprint density at radius 1 is 0.778 bits per heavy atom. The van der Waals surface area contributed by atoms with Crippen LogP contribution in [-0.2, 0) is 14.3 Å². The molecule has 5 N–H and O–H groups in total. The van der Waals surface area contributed by atoms with Crippen LogP contribution in [-0.4, -0.2) is 84.9 Å². The van der Waals surface area contributed by atoms with Crippen molar-refractivity contribution in [1.29, 1.82) is 0 Å². The summed E-state index contributed by atoms with van der Waals surface area (Å²) in [5, 5.41) is 4.97. The molecule has 2 saturated heterocycles. The van der Waals surface area contributed by atoms with E-state index in [1.165, 1.54) is 7.11 Å². The molecule has 0 unspecified atom stereocenters. The molecule has 280 valence electrons. The minimum atomic E-state index is -0.582. The second-order valence-corrected chi connectivity index (χ2v) is 15.5. The van der Waals surface area contributed by atoms with E-state index in [-0.39, 0.29) is 29.8 Å². The van der Waals surface area contributed by atoms with E-state index in [9.17, 15) is 14.4 Å². The first-order chi connectivity index (χ1) is 26.3. The van der Waals surface area contributed by atoms with Crippen molar-refractivity contribution >= 4 is 39.8 Å². The van der Waals surface area contributed by atoms with Crippen molar-refractivity contribution in [3.05, 3.63) is 66.4 Å². The number of imidazole rings is 2. The van der Waals surface area contributed by atoms with Gasteiger partial charge < -0.3 is 35.6 Å². The third kappa shape index (κ3) is 6.27. The fourth-order valence-electron chi connectivity index (χ4n) is 8.80. The van der Waals surface area contributed by atoms with Crippen molar-refractivity contribution in [2.75, 3.05) is 20.2 Å². The van der Waals surface area contributed by atoms with Gasteiger partial charge in [0, 0.05) is 24.2 Å². The molecule has 0 spiro atoms. The lowest BCUT2D eigenvalue weighted by Gasteiger charge is -2.36. The molecule has 2 aliphatic heterocycles. The summed E-state index contributed by atoms with van der Waals surface area (Å²) in [6, 6.07) is 15.4. The zero-order valence-electron chi connectivity index (χ0n) is 30.6. The van der Waals surface area contributed by atoms with Gasteiger partial charge in [0.25, 0.3) is 0 Å². The van der Waals surface area contributed by atoms with Crippen LogP contribution in [0.25, 0.3) is 44.5 Å². The first-order valence-corrected chi connectivity index (χ1v) is 19.5. The molecule has 5 heterocycles. The van der Waals surface area contributed by atoms with Crippen molar-refractivity contribution in [1.82, 2.24) is 40.0 Å². The zero-order valence-corrected chi connectivity index (χ0v) is 30.6. The summed E-state index contributed by atoms with van der Waals surface area (Å²) in [6.07, 6.45) is 10.9. The Morgan fingerprint density at radius 2 is 1.44 bits per heavy atom. The van der Waals surface area contributed by atoms with E-state index in [4.69, 9.17) is 25.4 Å². The number of nitrogens with two attached hydrogens (primary N) is 1. The lowest BCUT2D eigenvalue weighted by Crippen LogP contribution is -2.53. The highest BCUT2D eigenvalue weighted by Gasteiger charge is 2.42. The zero-order chi connectivity index (χ0) is 36.9. The summed E-state index contributed by atoms with van der Waals surface area (Å²) >= 11 is 0. The number of amides is 3. The van der Waals surface area contributed by atoms with Gasteiger partial charge in [0.15, 0.2) is 5.65 Å². The van der Waals surface area contributed by atoms with E-state index in [0.717, 1.165) is 115 Å². The van der Waals surface area contributed by atoms with Gasteiger partial charge in [0.05, 0.1) is 48.3 Å². The van der Waals surface area contributed by atoms with Crippen LogP contribution in [0.1, 0.15) is 87.9 Å². The average molecular weight is 730 g/mol. The summed E-state index contributed by atoms with van der Waals surface area (Å²) in [6.45, 7) is 1.33. The van der Waals surface area contributed by atoms with Gasteiger partial charge in [-0.1, -0.05) is 37.1 Å². The summed E-state index contributed by atoms with van der Waals surface area (Å²) < 4.78 is 4.83. The van der Waals surface area contributed by atoms with Gasteiger partial charge in [-0.3, -0.25) is 9.59 Å². The van der Waals surface area contributed by atoms with Crippen LogP contribution in [0.15, 0.2) is 54.7 Å². The number of aromatic amines is 2. The summed E-state index contributed by atoms with van der Waals surface area (Å²) in [7, 11) is 1.32. The lowest BCUT2D eigenvalue weighted by atomic mass is 9.79. The molecule has 4 atom stereocenters. The molecule has 2 aliphatic carbocycles. The van der Waals surface area contributed by atoms with Crippen molar-refractivity contribution in [3.63, 3.8) is 0 Å². The number of ether oxygens (including phenoxy) is 1. The maximum Gasteiger partial charge on any atom is 0.407 e. The van der Waals surface area contributed by atoms with Gasteiger partial charge in [0.2, 0.25) is 11.8 Å². The summed E-state index contributed by atoms with van der Waals surface area (Å²) in [5.74, 6) is 1.93. The number of hydrogen-bond donors (Lipinski definition) is 4. The number of hydrogen-bond acceptors (Lipinski definition) is 8. The molecule has 13 heteroatoms. The van der Waals surface area contributed by atoms with Gasteiger partial charge in [-0.25, -0.2) is 19.7 Å². The van der Waals surface area contributed by atoms with E-state index in [2.05, 4.69) is 51.7 Å². The second-order valence-electron chi connectivity index (χ2n) is 15.5. The number of carbonyl (C=O) groups excluding carboxylic acids is 3. The van der Waals surface area contributed by atoms with Crippen LogP contribution in [0.3, 0.4) is 0 Å². The quantitative estimate of drug-likeness (QED) is 0.140. The molecular formula is C41H47N9O4. The normalized spacial score (nSPS) is 21.6. The Morgan fingerprint density at radius 3 is 2.13 bits per heavy atom. The van der Waals surface area contributed by atoms with Crippen molar-refractivity contribution < 1.29 is 19.1 Å². The maximum absolute atomic E-state index is 13.8. The first-order valence-electron chi connectivity index (χ1n) is 19.5. The highest BCUT2D eigenvalue weighted by atomic mass is 16.5. The summed E-state index contributed by atoms with van der Waals surface area (Å²) in [4.78, 5) is 64.5. The first kappa shape index (κ1) is 34.5. The van der Waals surface area contributed by atoms with Crippen LogP contribution in [0, 0.1) is 11.8 Å². The van der Waals surface area contributed by atoms with Gasteiger partial charge in [0.1, 0.15) is 17.7 Å². The largest absolute Gasteiger partial charge is 0.453 e. The van der Waals surface area contributed by atoms with E-state index in [1.807, 2.05) is 28.1 Å². The van der Waals surface area contributed by atoms with Crippen molar-refractivity contribution in [2.24, 2.45) is 17.6 Å². The fraction of sp³-hybridized carbons (Fsp3) is 0.463. The molecular weight excluding hydrogens is 683 g/mol. The number of methoxy groups -OCH3 is 1. The Balaban J connectivity index is 0.909. The third-order valence-corrected chi connectivity index (χ3v) is 12.4. The number of nitrogens with one attached hydrogen (secondary N) is 3. The Hall–Kier alpha value is -5.30. The SMILES string of the molecule is COC(=O)N[C@H](C(=O)N1CCC[C@H]1c1ncc(-c2ccc3cc(-c4ccc5[nH]c([C@@H]6CCCN6C(=O)[C@@H](N)C6CCC6)nc5n4)ccc3c2)[nH]1)C1CCC1. The molecule has 0 radical (unpaired) electrons. The van der Waals surface area contributed by atoms with Gasteiger partial charge >= 0.3 is 6.09 Å². The van der Waals surface area contributed by atoms with Gasteiger partial charge in [-0.15, -0.1) is 0 Å². The number of pyridine rings is 1. The van der Waals surface area contributed by atoms with E-state index in [1.54, 1.807) is 0 Å². The number of benzene rings is 2. The monoisotopic (exact) mass is 729 g/mol. The predicted octanol–water partition coefficient (Wildman–Crippen LogP) is 6.15. The molecule has 2 saturated carbocycles. The number of likely N-dealkylation sites (tertiary alicyclic amines) is 2. The van der Waals surface area contributed by atoms with E-state index >= 15 is 0 Å². The minimum absolute atomic E-state index is 0.0412. The Kier molecular flexibility index (Phi) is 9.04. The second kappa shape index (κ2) is 14.2.